The van der Waals surface area contributed by atoms with Crippen molar-refractivity contribution < 1.29 is 23.9 Å². The molecule has 0 amide bonds. The summed E-state index contributed by atoms with van der Waals surface area (Å²) in [6.07, 6.45) is 7.10. The molecule has 0 bridgehead atoms. The van der Waals surface area contributed by atoms with Crippen LogP contribution < -0.4 is 4.74 Å². The average molecular weight is 404 g/mol. The van der Waals surface area contributed by atoms with Crippen LogP contribution in [0.2, 0.25) is 0 Å². The van der Waals surface area contributed by atoms with E-state index in [4.69, 9.17) is 4.74 Å². The summed E-state index contributed by atoms with van der Waals surface area (Å²) < 4.78 is 17.6. The molecule has 0 saturated heterocycles. The summed E-state index contributed by atoms with van der Waals surface area (Å²) in [7, 11) is -4.65. The van der Waals surface area contributed by atoms with Crippen LogP contribution in [0, 0.1) is 0 Å². The molecule has 2 rings (SSSR count). The fourth-order valence-electron chi connectivity index (χ4n) is 3.08. The van der Waals surface area contributed by atoms with Gasteiger partial charge in [-0.25, -0.2) is 0 Å². The van der Waals surface area contributed by atoms with Crippen molar-refractivity contribution in [2.45, 2.75) is 51.1 Å². The molecule has 0 aliphatic carbocycles. The smallest absolute Gasteiger partial charge is 0.340 e. The molecule has 5 nitrogen and oxygen atoms in total. The molecule has 2 N–H and O–H groups in total. The zero-order valence-electron chi connectivity index (χ0n) is 16.3. The molecule has 0 heterocycles. The topological polar surface area (TPSA) is 83.8 Å². The third-order valence-corrected chi connectivity index (χ3v) is 5.81. The van der Waals surface area contributed by atoms with Gasteiger partial charge in [-0.2, -0.15) is 0 Å². The van der Waals surface area contributed by atoms with Gasteiger partial charge in [0.15, 0.2) is 5.78 Å². The van der Waals surface area contributed by atoms with Crippen LogP contribution in [-0.4, -0.2) is 22.2 Å². The minimum absolute atomic E-state index is 0.254. The van der Waals surface area contributed by atoms with Gasteiger partial charge in [-0.1, -0.05) is 69.4 Å². The molecule has 0 aromatic heterocycles. The number of ketones is 1. The highest BCUT2D eigenvalue weighted by Gasteiger charge is 2.37. The summed E-state index contributed by atoms with van der Waals surface area (Å²) in [5, 5.41) is 0. The molecule has 1 unspecified atom stereocenters. The maximum atomic E-state index is 12.8. The Morgan fingerprint density at radius 3 is 2.14 bits per heavy atom. The fourth-order valence-corrected chi connectivity index (χ4v) is 4.09. The predicted octanol–water partition coefficient (Wildman–Crippen LogP) is 5.53. The van der Waals surface area contributed by atoms with Gasteiger partial charge in [-0.3, -0.25) is 9.36 Å². The number of ether oxygens (including phenoxy) is 1. The summed E-state index contributed by atoms with van der Waals surface area (Å²) in [5.74, 6) is 0.0551. The Hall–Kier alpha value is -1.94. The highest BCUT2D eigenvalue weighted by atomic mass is 31.2. The normalized spacial score (nSPS) is 12.5. The maximum Gasteiger partial charge on any atom is 0.340 e. The first-order chi connectivity index (χ1) is 13.4. The van der Waals surface area contributed by atoms with Gasteiger partial charge in [-0.05, 0) is 36.2 Å². The van der Waals surface area contributed by atoms with Gasteiger partial charge in [0.2, 0.25) is 0 Å². The lowest BCUT2D eigenvalue weighted by Gasteiger charge is -2.18. The third-order valence-electron chi connectivity index (χ3n) is 4.61. The number of carbonyl (C=O) groups excluding carboxylic acids is 1. The van der Waals surface area contributed by atoms with Gasteiger partial charge in [0.25, 0.3) is 0 Å². The van der Waals surface area contributed by atoms with Crippen LogP contribution >= 0.6 is 7.60 Å². The van der Waals surface area contributed by atoms with Gasteiger partial charge in [0, 0.05) is 5.56 Å². The van der Waals surface area contributed by atoms with Crippen molar-refractivity contribution in [3.63, 3.8) is 0 Å². The molecule has 0 aliphatic rings. The van der Waals surface area contributed by atoms with Gasteiger partial charge in [-0.15, -0.1) is 0 Å². The second-order valence-electron chi connectivity index (χ2n) is 6.91. The van der Waals surface area contributed by atoms with Crippen molar-refractivity contribution in [2.75, 3.05) is 6.61 Å². The Balaban J connectivity index is 1.96. The van der Waals surface area contributed by atoms with Crippen LogP contribution in [0.3, 0.4) is 0 Å². The van der Waals surface area contributed by atoms with E-state index in [2.05, 4.69) is 6.92 Å². The number of carbonyl (C=O) groups is 1. The molecule has 0 spiro atoms. The second kappa shape index (κ2) is 11.2. The lowest BCUT2D eigenvalue weighted by atomic mass is 10.0. The summed E-state index contributed by atoms with van der Waals surface area (Å²) in [6.45, 7) is 2.81. The van der Waals surface area contributed by atoms with Crippen LogP contribution in [0.4, 0.5) is 0 Å². The molecule has 0 radical (unpaired) electrons. The molecular weight excluding hydrogens is 375 g/mol. The molecule has 6 heteroatoms. The molecule has 152 valence electrons. The number of hydrogen-bond acceptors (Lipinski definition) is 3. The van der Waals surface area contributed by atoms with E-state index in [-0.39, 0.29) is 5.56 Å². The van der Waals surface area contributed by atoms with Crippen LogP contribution in [0.25, 0.3) is 0 Å². The first-order valence-electron chi connectivity index (χ1n) is 9.80. The minimum Gasteiger partial charge on any atom is -0.494 e. The number of Topliss-reactive ketones (excluding diaryl/α,β-unsaturated/α-hetero) is 1. The van der Waals surface area contributed by atoms with Crippen LogP contribution in [0.15, 0.2) is 54.6 Å². The Morgan fingerprint density at radius 1 is 0.929 bits per heavy atom. The van der Waals surface area contributed by atoms with Gasteiger partial charge in [0.05, 0.1) is 6.61 Å². The van der Waals surface area contributed by atoms with Crippen molar-refractivity contribution in [3.05, 3.63) is 65.7 Å². The van der Waals surface area contributed by atoms with E-state index in [0.717, 1.165) is 12.8 Å². The molecule has 28 heavy (non-hydrogen) atoms. The molecule has 1 atom stereocenters. The number of hydrogen-bond donors (Lipinski definition) is 2. The highest BCUT2D eigenvalue weighted by molar-refractivity contribution is 7.53. The minimum atomic E-state index is -4.65. The average Bonchev–Trinajstić information content (AvgIpc) is 2.67. The van der Waals surface area contributed by atoms with Crippen molar-refractivity contribution in [2.24, 2.45) is 0 Å². The van der Waals surface area contributed by atoms with Crippen LogP contribution in [-0.2, 0) is 4.57 Å². The fraction of sp³-hybridized carbons (Fsp3) is 0.409. The van der Waals surface area contributed by atoms with E-state index < -0.39 is 19.0 Å². The lowest BCUT2D eigenvalue weighted by molar-refractivity contribution is 0.0978. The van der Waals surface area contributed by atoms with E-state index in [1.54, 1.807) is 54.6 Å². The number of benzene rings is 2. The van der Waals surface area contributed by atoms with Crippen LogP contribution in [0.1, 0.15) is 67.0 Å². The summed E-state index contributed by atoms with van der Waals surface area (Å²) in [5.41, 5.74) is -0.933. The first-order valence-corrected chi connectivity index (χ1v) is 11.5. The molecule has 2 aromatic carbocycles. The van der Waals surface area contributed by atoms with Crippen molar-refractivity contribution in [3.8, 4) is 5.75 Å². The molecule has 0 aliphatic heterocycles. The molecule has 0 saturated carbocycles. The Labute approximate surface area is 166 Å². The van der Waals surface area contributed by atoms with E-state index in [9.17, 15) is 19.1 Å². The maximum absolute atomic E-state index is 12.8. The monoisotopic (exact) mass is 404 g/mol. The molecule has 0 fully saturated rings. The summed E-state index contributed by atoms with van der Waals surface area (Å²) >= 11 is 0. The van der Waals surface area contributed by atoms with Crippen molar-refractivity contribution in [1.82, 2.24) is 0 Å². The Morgan fingerprint density at radius 2 is 1.54 bits per heavy atom. The number of rotatable bonds is 12. The first kappa shape index (κ1) is 22.4. The summed E-state index contributed by atoms with van der Waals surface area (Å²) in [6, 6.07) is 14.6. The molecule has 2 aromatic rings. The predicted molar refractivity (Wildman–Crippen MR) is 111 cm³/mol. The quantitative estimate of drug-likeness (QED) is 0.276. The lowest BCUT2D eigenvalue weighted by Crippen LogP contribution is -2.13. The van der Waals surface area contributed by atoms with Crippen molar-refractivity contribution in [1.29, 1.82) is 0 Å². The number of unbranched alkanes of at least 4 members (excludes halogenated alkanes) is 5. The second-order valence-corrected chi connectivity index (χ2v) is 8.60. The van der Waals surface area contributed by atoms with Crippen molar-refractivity contribution >= 4 is 13.4 Å². The highest BCUT2D eigenvalue weighted by Crippen LogP contribution is 2.53. The Bertz CT molecular complexity index is 767. The van der Waals surface area contributed by atoms with Gasteiger partial charge >= 0.3 is 7.60 Å². The summed E-state index contributed by atoms with van der Waals surface area (Å²) in [4.78, 5) is 32.2. The zero-order valence-corrected chi connectivity index (χ0v) is 17.2. The van der Waals surface area contributed by atoms with E-state index in [1.807, 2.05) is 0 Å². The van der Waals surface area contributed by atoms with E-state index >= 15 is 0 Å². The largest absolute Gasteiger partial charge is 0.494 e. The third kappa shape index (κ3) is 6.90. The van der Waals surface area contributed by atoms with E-state index in [0.29, 0.717) is 17.9 Å². The van der Waals surface area contributed by atoms with Gasteiger partial charge < -0.3 is 14.5 Å². The van der Waals surface area contributed by atoms with Gasteiger partial charge in [0.1, 0.15) is 11.4 Å². The standard InChI is InChI=1S/C22H29O5P/c1-2-3-4-5-6-10-17-27-20-15-13-18(14-16-20)21(23)22(28(24,25)26)19-11-8-7-9-12-19/h7-9,11-16,22H,2-6,10,17H2,1H3,(H2,24,25,26). The van der Waals surface area contributed by atoms with Crippen LogP contribution in [0.5, 0.6) is 5.75 Å². The zero-order chi connectivity index (χ0) is 20.4. The molecular formula is C22H29O5P. The SMILES string of the molecule is CCCCCCCCOc1ccc(C(=O)C(c2ccccc2)P(=O)(O)O)cc1. The van der Waals surface area contributed by atoms with E-state index in [1.165, 1.54) is 25.7 Å². The Kier molecular flexibility index (Phi) is 8.91.